The highest BCUT2D eigenvalue weighted by Crippen LogP contribution is 2.33. The Balaban J connectivity index is 1.28. The number of benzene rings is 3. The molecule has 4 aromatic rings. The van der Waals surface area contributed by atoms with Gasteiger partial charge in [0.25, 0.3) is 0 Å². The van der Waals surface area contributed by atoms with E-state index in [9.17, 15) is 4.79 Å². The number of fused-ring (bicyclic) bond motifs is 1. The fourth-order valence-corrected chi connectivity index (χ4v) is 5.04. The summed E-state index contributed by atoms with van der Waals surface area (Å²) in [5.41, 5.74) is 3.64. The summed E-state index contributed by atoms with van der Waals surface area (Å²) in [5, 5.41) is 3.36. The standard InChI is InChI=1S/C27H26ClN3O/c1-19-11-16-31(27(32)29-19)23-9-10-26(25(28)18-23)30-14-12-20(13-15-30)17-22-7-4-6-21-5-2-3-8-24(21)22/h2-11,16,18,20H,12-15,17H2,1H3. The third-order valence-corrected chi connectivity index (χ3v) is 6.80. The zero-order valence-corrected chi connectivity index (χ0v) is 18.9. The van der Waals surface area contributed by atoms with Crippen LogP contribution in [0.3, 0.4) is 0 Å². The zero-order valence-electron chi connectivity index (χ0n) is 18.2. The van der Waals surface area contributed by atoms with Crippen molar-refractivity contribution < 1.29 is 0 Å². The average molecular weight is 444 g/mol. The van der Waals surface area contributed by atoms with Crippen LogP contribution in [0.5, 0.6) is 0 Å². The summed E-state index contributed by atoms with van der Waals surface area (Å²) in [6.07, 6.45) is 5.14. The molecule has 3 aromatic carbocycles. The summed E-state index contributed by atoms with van der Waals surface area (Å²) in [6.45, 7) is 3.78. The van der Waals surface area contributed by atoms with Gasteiger partial charge in [0.15, 0.2) is 0 Å². The lowest BCUT2D eigenvalue weighted by atomic mass is 9.88. The molecular formula is C27H26ClN3O. The van der Waals surface area contributed by atoms with Crippen molar-refractivity contribution in [3.8, 4) is 5.69 Å². The molecule has 1 aromatic heterocycles. The molecule has 0 spiro atoms. The van der Waals surface area contributed by atoms with E-state index >= 15 is 0 Å². The highest BCUT2D eigenvalue weighted by atomic mass is 35.5. The SMILES string of the molecule is Cc1ccn(-c2ccc(N3CCC(Cc4cccc5ccccc45)CC3)c(Cl)c2)c(=O)n1. The van der Waals surface area contributed by atoms with Gasteiger partial charge in [-0.25, -0.2) is 4.79 Å². The normalized spacial score (nSPS) is 14.8. The van der Waals surface area contributed by atoms with E-state index in [1.54, 1.807) is 6.20 Å². The minimum absolute atomic E-state index is 0.289. The molecule has 32 heavy (non-hydrogen) atoms. The maximum Gasteiger partial charge on any atom is 0.352 e. The minimum atomic E-state index is -0.289. The fraction of sp³-hybridized carbons (Fsp3) is 0.259. The molecule has 0 amide bonds. The van der Waals surface area contributed by atoms with Gasteiger partial charge in [0, 0.05) is 25.0 Å². The molecule has 5 heteroatoms. The number of hydrogen-bond donors (Lipinski definition) is 0. The summed E-state index contributed by atoms with van der Waals surface area (Å²) >= 11 is 6.65. The molecule has 0 N–H and O–H groups in total. The molecule has 1 aliphatic rings. The molecule has 0 radical (unpaired) electrons. The van der Waals surface area contributed by atoms with Gasteiger partial charge in [-0.3, -0.25) is 4.57 Å². The molecule has 5 rings (SSSR count). The largest absolute Gasteiger partial charge is 0.370 e. The Hall–Kier alpha value is -3.11. The molecule has 0 saturated carbocycles. The van der Waals surface area contributed by atoms with E-state index in [0.717, 1.165) is 43.7 Å². The number of aromatic nitrogens is 2. The van der Waals surface area contributed by atoms with Crippen molar-refractivity contribution in [1.82, 2.24) is 9.55 Å². The van der Waals surface area contributed by atoms with Crippen molar-refractivity contribution in [1.29, 1.82) is 0 Å². The molecule has 0 aliphatic carbocycles. The molecule has 1 fully saturated rings. The first-order chi connectivity index (χ1) is 15.6. The Morgan fingerprint density at radius 3 is 2.56 bits per heavy atom. The fourth-order valence-electron chi connectivity index (χ4n) is 4.75. The Bertz CT molecular complexity index is 1320. The highest BCUT2D eigenvalue weighted by molar-refractivity contribution is 6.33. The quantitative estimate of drug-likeness (QED) is 0.399. The Morgan fingerprint density at radius 1 is 1.00 bits per heavy atom. The molecule has 162 valence electrons. The van der Waals surface area contributed by atoms with Crippen molar-refractivity contribution >= 4 is 28.1 Å². The van der Waals surface area contributed by atoms with Crippen molar-refractivity contribution in [2.24, 2.45) is 5.92 Å². The number of rotatable bonds is 4. The lowest BCUT2D eigenvalue weighted by Gasteiger charge is -2.34. The van der Waals surface area contributed by atoms with Crippen molar-refractivity contribution in [3.05, 3.63) is 99.7 Å². The molecule has 4 nitrogen and oxygen atoms in total. The number of piperidine rings is 1. The first-order valence-corrected chi connectivity index (χ1v) is 11.5. The monoisotopic (exact) mass is 443 g/mol. The predicted octanol–water partition coefficient (Wildman–Crippen LogP) is 5.81. The first kappa shape index (κ1) is 20.8. The second-order valence-corrected chi connectivity index (χ2v) is 9.04. The maximum absolute atomic E-state index is 12.2. The summed E-state index contributed by atoms with van der Waals surface area (Å²) in [5.74, 6) is 0.673. The molecule has 2 heterocycles. The van der Waals surface area contributed by atoms with Crippen LogP contribution in [-0.2, 0) is 6.42 Å². The van der Waals surface area contributed by atoms with E-state index in [0.29, 0.717) is 16.6 Å². The van der Waals surface area contributed by atoms with Crippen LogP contribution in [0, 0.1) is 12.8 Å². The Labute approximate surface area is 193 Å². The number of hydrogen-bond acceptors (Lipinski definition) is 3. The van der Waals surface area contributed by atoms with Gasteiger partial charge < -0.3 is 4.90 Å². The molecular weight excluding hydrogens is 418 g/mol. The summed E-state index contributed by atoms with van der Waals surface area (Å²) in [7, 11) is 0. The minimum Gasteiger partial charge on any atom is -0.370 e. The molecule has 0 bridgehead atoms. The summed E-state index contributed by atoms with van der Waals surface area (Å²) < 4.78 is 1.53. The summed E-state index contributed by atoms with van der Waals surface area (Å²) in [4.78, 5) is 18.6. The van der Waals surface area contributed by atoms with E-state index in [2.05, 4.69) is 52.3 Å². The van der Waals surface area contributed by atoms with Crippen LogP contribution in [0.4, 0.5) is 5.69 Å². The van der Waals surface area contributed by atoms with Gasteiger partial charge in [-0.2, -0.15) is 4.98 Å². The zero-order chi connectivity index (χ0) is 22.1. The van der Waals surface area contributed by atoms with Gasteiger partial charge in [-0.15, -0.1) is 0 Å². The van der Waals surface area contributed by atoms with Gasteiger partial charge in [0.2, 0.25) is 0 Å². The van der Waals surface area contributed by atoms with E-state index in [1.807, 2.05) is 31.2 Å². The van der Waals surface area contributed by atoms with Gasteiger partial charge in [-0.05, 0) is 72.7 Å². The third kappa shape index (κ3) is 4.15. The predicted molar refractivity (Wildman–Crippen MR) is 132 cm³/mol. The smallest absolute Gasteiger partial charge is 0.352 e. The second kappa shape index (κ2) is 8.79. The molecule has 0 unspecified atom stereocenters. The molecule has 0 atom stereocenters. The van der Waals surface area contributed by atoms with Crippen molar-refractivity contribution in [2.75, 3.05) is 18.0 Å². The first-order valence-electron chi connectivity index (χ1n) is 11.2. The highest BCUT2D eigenvalue weighted by Gasteiger charge is 2.22. The van der Waals surface area contributed by atoms with E-state index in [-0.39, 0.29) is 5.69 Å². The Kier molecular flexibility index (Phi) is 5.71. The number of aryl methyl sites for hydroxylation is 1. The lowest BCUT2D eigenvalue weighted by molar-refractivity contribution is 0.404. The van der Waals surface area contributed by atoms with Crippen LogP contribution in [-0.4, -0.2) is 22.6 Å². The van der Waals surface area contributed by atoms with E-state index in [1.165, 1.54) is 20.9 Å². The van der Waals surface area contributed by atoms with E-state index in [4.69, 9.17) is 11.6 Å². The van der Waals surface area contributed by atoms with Crippen molar-refractivity contribution in [2.45, 2.75) is 26.2 Å². The van der Waals surface area contributed by atoms with Gasteiger partial charge in [0.1, 0.15) is 0 Å². The van der Waals surface area contributed by atoms with Crippen LogP contribution >= 0.6 is 11.6 Å². The van der Waals surface area contributed by atoms with Crippen LogP contribution in [0.15, 0.2) is 77.7 Å². The average Bonchev–Trinajstić information content (AvgIpc) is 2.80. The van der Waals surface area contributed by atoms with Crippen LogP contribution < -0.4 is 10.6 Å². The topological polar surface area (TPSA) is 38.1 Å². The molecule has 1 saturated heterocycles. The molecule has 1 aliphatic heterocycles. The van der Waals surface area contributed by atoms with Crippen molar-refractivity contribution in [3.63, 3.8) is 0 Å². The number of anilines is 1. The maximum atomic E-state index is 12.2. The van der Waals surface area contributed by atoms with Crippen LogP contribution in [0.2, 0.25) is 5.02 Å². The van der Waals surface area contributed by atoms with Gasteiger partial charge in [0.05, 0.1) is 16.4 Å². The third-order valence-electron chi connectivity index (χ3n) is 6.50. The van der Waals surface area contributed by atoms with Crippen LogP contribution in [0.25, 0.3) is 16.5 Å². The number of halogens is 1. The number of nitrogens with zero attached hydrogens (tertiary/aromatic N) is 3. The van der Waals surface area contributed by atoms with Crippen LogP contribution in [0.1, 0.15) is 24.1 Å². The van der Waals surface area contributed by atoms with Gasteiger partial charge >= 0.3 is 5.69 Å². The Morgan fingerprint density at radius 2 is 1.78 bits per heavy atom. The second-order valence-electron chi connectivity index (χ2n) is 8.63. The summed E-state index contributed by atoms with van der Waals surface area (Å²) in [6, 6.07) is 22.9. The lowest BCUT2D eigenvalue weighted by Crippen LogP contribution is -2.34. The van der Waals surface area contributed by atoms with E-state index < -0.39 is 0 Å². The van der Waals surface area contributed by atoms with Gasteiger partial charge in [-0.1, -0.05) is 54.1 Å².